The van der Waals surface area contributed by atoms with E-state index in [0.717, 1.165) is 94.8 Å². The Morgan fingerprint density at radius 3 is 2.47 bits per heavy atom. The average molecular weight is 420 g/mol. The topological polar surface area (TPSA) is 83.2 Å². The summed E-state index contributed by atoms with van der Waals surface area (Å²) in [6, 6.07) is 0. The largest absolute Gasteiger partial charge is 0.469 e. The van der Waals surface area contributed by atoms with E-state index >= 15 is 0 Å². The lowest BCUT2D eigenvalue weighted by atomic mass is 9.96. The van der Waals surface area contributed by atoms with Crippen molar-refractivity contribution in [3.63, 3.8) is 0 Å². The maximum atomic E-state index is 11.8. The Morgan fingerprint density at radius 1 is 1.20 bits per heavy atom. The number of carbonyl (C=O) groups is 1. The van der Waals surface area contributed by atoms with E-state index in [1.165, 1.54) is 7.11 Å². The molecule has 0 saturated carbocycles. The third kappa shape index (κ3) is 5.97. The molecule has 0 atom stereocenters. The van der Waals surface area contributed by atoms with Crippen LogP contribution in [-0.4, -0.2) is 73.1 Å². The number of carbonyl (C=O) groups excluding carboxylic acids is 1. The van der Waals surface area contributed by atoms with E-state index in [-0.39, 0.29) is 11.9 Å². The first-order chi connectivity index (χ1) is 14.5. The molecule has 2 saturated heterocycles. The summed E-state index contributed by atoms with van der Waals surface area (Å²) >= 11 is 0. The van der Waals surface area contributed by atoms with Crippen LogP contribution in [0.3, 0.4) is 0 Å². The fourth-order valence-corrected chi connectivity index (χ4v) is 4.26. The minimum Gasteiger partial charge on any atom is -0.469 e. The SMILES string of the molecule is CCNC(=NCC1CCN(Cc2nc(C)c(C)o2)CC1)N1CCC(C(=O)OC)CC1. The molecule has 0 radical (unpaired) electrons. The van der Waals surface area contributed by atoms with Crippen LogP contribution in [0, 0.1) is 25.7 Å². The first-order valence-corrected chi connectivity index (χ1v) is 11.3. The molecular weight excluding hydrogens is 382 g/mol. The van der Waals surface area contributed by atoms with Gasteiger partial charge in [0.05, 0.1) is 25.3 Å². The van der Waals surface area contributed by atoms with Crippen molar-refractivity contribution in [3.05, 3.63) is 17.3 Å². The normalized spacial score (nSPS) is 19.9. The maximum absolute atomic E-state index is 11.8. The van der Waals surface area contributed by atoms with E-state index in [1.54, 1.807) is 0 Å². The molecule has 8 heteroatoms. The summed E-state index contributed by atoms with van der Waals surface area (Å²) in [5, 5.41) is 3.43. The van der Waals surface area contributed by atoms with Gasteiger partial charge in [0.25, 0.3) is 0 Å². The number of rotatable bonds is 6. The number of esters is 1. The summed E-state index contributed by atoms with van der Waals surface area (Å²) in [5.41, 5.74) is 0.987. The summed E-state index contributed by atoms with van der Waals surface area (Å²) in [5.74, 6) is 3.27. The van der Waals surface area contributed by atoms with Gasteiger partial charge in [0.15, 0.2) is 5.96 Å². The van der Waals surface area contributed by atoms with Gasteiger partial charge in [-0.1, -0.05) is 0 Å². The first kappa shape index (κ1) is 22.6. The molecule has 30 heavy (non-hydrogen) atoms. The molecule has 0 aromatic carbocycles. The Morgan fingerprint density at radius 2 is 1.90 bits per heavy atom. The predicted molar refractivity (Wildman–Crippen MR) is 116 cm³/mol. The Bertz CT molecular complexity index is 697. The highest BCUT2D eigenvalue weighted by atomic mass is 16.5. The van der Waals surface area contributed by atoms with Crippen LogP contribution in [-0.2, 0) is 16.1 Å². The van der Waals surface area contributed by atoms with Crippen LogP contribution in [0.15, 0.2) is 9.41 Å². The van der Waals surface area contributed by atoms with Crippen molar-refractivity contribution in [1.29, 1.82) is 0 Å². The molecule has 0 amide bonds. The average Bonchev–Trinajstić information content (AvgIpc) is 3.08. The summed E-state index contributed by atoms with van der Waals surface area (Å²) in [6.45, 7) is 12.4. The van der Waals surface area contributed by atoms with E-state index in [9.17, 15) is 4.79 Å². The Kier molecular flexibility index (Phi) is 8.13. The van der Waals surface area contributed by atoms with Crippen LogP contribution in [0.1, 0.15) is 50.0 Å². The fraction of sp³-hybridized carbons (Fsp3) is 0.773. The fourth-order valence-electron chi connectivity index (χ4n) is 4.26. The summed E-state index contributed by atoms with van der Waals surface area (Å²) in [6.07, 6.45) is 3.95. The number of likely N-dealkylation sites (tertiary alicyclic amines) is 2. The smallest absolute Gasteiger partial charge is 0.308 e. The van der Waals surface area contributed by atoms with Gasteiger partial charge >= 0.3 is 5.97 Å². The second kappa shape index (κ2) is 10.8. The lowest BCUT2D eigenvalue weighted by Crippen LogP contribution is -2.47. The number of aromatic nitrogens is 1. The number of methoxy groups -OCH3 is 1. The van der Waals surface area contributed by atoms with E-state index in [0.29, 0.717) is 5.92 Å². The maximum Gasteiger partial charge on any atom is 0.308 e. The van der Waals surface area contributed by atoms with Crippen molar-refractivity contribution in [2.24, 2.45) is 16.8 Å². The van der Waals surface area contributed by atoms with Gasteiger partial charge in [-0.15, -0.1) is 0 Å². The molecule has 1 N–H and O–H groups in total. The van der Waals surface area contributed by atoms with Crippen LogP contribution >= 0.6 is 0 Å². The molecular formula is C22H37N5O3. The number of nitrogens with zero attached hydrogens (tertiary/aromatic N) is 4. The number of hydrogen-bond donors (Lipinski definition) is 1. The molecule has 1 aromatic heterocycles. The van der Waals surface area contributed by atoms with Gasteiger partial charge in [0.1, 0.15) is 5.76 Å². The van der Waals surface area contributed by atoms with Gasteiger partial charge in [-0.3, -0.25) is 14.7 Å². The zero-order valence-corrected chi connectivity index (χ0v) is 18.9. The molecule has 2 aliphatic rings. The zero-order chi connectivity index (χ0) is 21.5. The molecule has 1 aromatic rings. The molecule has 0 bridgehead atoms. The van der Waals surface area contributed by atoms with Gasteiger partial charge in [0, 0.05) is 26.2 Å². The lowest BCUT2D eigenvalue weighted by molar-refractivity contribution is -0.146. The third-order valence-corrected chi connectivity index (χ3v) is 6.30. The standard InChI is InChI=1S/C22H37N5O3/c1-5-23-22(27-12-8-19(9-13-27)21(28)29-4)24-14-18-6-10-26(11-7-18)15-20-25-16(2)17(3)30-20/h18-19H,5-15H2,1-4H3,(H,23,24). The van der Waals surface area contributed by atoms with Crippen molar-refractivity contribution in [2.45, 2.75) is 53.0 Å². The highest BCUT2D eigenvalue weighted by Crippen LogP contribution is 2.21. The van der Waals surface area contributed by atoms with Crippen molar-refractivity contribution in [2.75, 3.05) is 46.4 Å². The van der Waals surface area contributed by atoms with Gasteiger partial charge in [-0.05, 0) is 65.5 Å². The number of aryl methyl sites for hydroxylation is 2. The summed E-state index contributed by atoms with van der Waals surface area (Å²) < 4.78 is 10.6. The minimum absolute atomic E-state index is 0.0229. The summed E-state index contributed by atoms with van der Waals surface area (Å²) in [7, 11) is 1.47. The van der Waals surface area contributed by atoms with Crippen molar-refractivity contribution >= 4 is 11.9 Å². The highest BCUT2D eigenvalue weighted by molar-refractivity contribution is 5.80. The van der Waals surface area contributed by atoms with Gasteiger partial charge in [-0.25, -0.2) is 4.98 Å². The molecule has 2 fully saturated rings. The van der Waals surface area contributed by atoms with Crippen LogP contribution in [0.4, 0.5) is 0 Å². The van der Waals surface area contributed by atoms with Crippen LogP contribution < -0.4 is 5.32 Å². The molecule has 8 nitrogen and oxygen atoms in total. The van der Waals surface area contributed by atoms with Crippen molar-refractivity contribution in [3.8, 4) is 0 Å². The first-order valence-electron chi connectivity index (χ1n) is 11.3. The monoisotopic (exact) mass is 419 g/mol. The molecule has 168 valence electrons. The van der Waals surface area contributed by atoms with E-state index in [2.05, 4.69) is 27.0 Å². The lowest BCUT2D eigenvalue weighted by Gasteiger charge is -2.34. The van der Waals surface area contributed by atoms with Crippen LogP contribution in [0.25, 0.3) is 0 Å². The third-order valence-electron chi connectivity index (χ3n) is 6.30. The van der Waals surface area contributed by atoms with Gasteiger partial charge in [-0.2, -0.15) is 0 Å². The number of ether oxygens (including phenoxy) is 1. The number of hydrogen-bond acceptors (Lipinski definition) is 6. The minimum atomic E-state index is -0.0848. The molecule has 3 heterocycles. The molecule has 2 aliphatic heterocycles. The second-order valence-electron chi connectivity index (χ2n) is 8.45. The number of guanidine groups is 1. The molecule has 0 unspecified atom stereocenters. The molecule has 0 spiro atoms. The van der Waals surface area contributed by atoms with Gasteiger partial charge < -0.3 is 19.4 Å². The Balaban J connectivity index is 1.46. The number of aliphatic imine (C=N–C) groups is 1. The van der Waals surface area contributed by atoms with Crippen LogP contribution in [0.2, 0.25) is 0 Å². The van der Waals surface area contributed by atoms with Crippen molar-refractivity contribution < 1.29 is 13.9 Å². The number of piperidine rings is 2. The highest BCUT2D eigenvalue weighted by Gasteiger charge is 2.27. The molecule has 3 rings (SSSR count). The Labute approximate surface area is 180 Å². The quantitative estimate of drug-likeness (QED) is 0.430. The molecule has 0 aliphatic carbocycles. The summed E-state index contributed by atoms with van der Waals surface area (Å²) in [4.78, 5) is 25.9. The number of nitrogens with one attached hydrogen (secondary N) is 1. The zero-order valence-electron chi connectivity index (χ0n) is 18.9. The Hall–Kier alpha value is -2.09. The van der Waals surface area contributed by atoms with Crippen LogP contribution in [0.5, 0.6) is 0 Å². The predicted octanol–water partition coefficient (Wildman–Crippen LogP) is 2.35. The number of oxazole rings is 1. The van der Waals surface area contributed by atoms with E-state index < -0.39 is 0 Å². The van der Waals surface area contributed by atoms with E-state index in [4.69, 9.17) is 14.1 Å². The van der Waals surface area contributed by atoms with E-state index in [1.807, 2.05) is 13.8 Å². The van der Waals surface area contributed by atoms with Gasteiger partial charge in [0.2, 0.25) is 5.89 Å². The van der Waals surface area contributed by atoms with Crippen molar-refractivity contribution in [1.82, 2.24) is 20.1 Å². The second-order valence-corrected chi connectivity index (χ2v) is 8.45.